The molecule has 0 atom stereocenters. The molecule has 0 aliphatic heterocycles. The van der Waals surface area contributed by atoms with Crippen LogP contribution in [-0.2, 0) is 13.1 Å². The molecular formula is C27H24FN5O. The fourth-order valence-corrected chi connectivity index (χ4v) is 4.24. The second kappa shape index (κ2) is 9.05. The van der Waals surface area contributed by atoms with E-state index in [4.69, 9.17) is 5.73 Å². The van der Waals surface area contributed by atoms with Crippen LogP contribution >= 0.6 is 0 Å². The summed E-state index contributed by atoms with van der Waals surface area (Å²) in [6, 6.07) is 20.5. The molecule has 5 rings (SSSR count). The van der Waals surface area contributed by atoms with Crippen molar-refractivity contribution in [2.45, 2.75) is 13.1 Å². The highest BCUT2D eigenvalue weighted by Crippen LogP contribution is 2.37. The number of pyridine rings is 1. The Morgan fingerprint density at radius 2 is 1.85 bits per heavy atom. The first-order valence-corrected chi connectivity index (χ1v) is 11.0. The second-order valence-electron chi connectivity index (χ2n) is 8.06. The average molecular weight is 454 g/mol. The molecular weight excluding hydrogens is 429 g/mol. The van der Waals surface area contributed by atoms with Crippen molar-refractivity contribution < 1.29 is 9.50 Å². The lowest BCUT2D eigenvalue weighted by atomic mass is 9.97. The molecule has 0 unspecified atom stereocenters. The fourth-order valence-electron chi connectivity index (χ4n) is 4.24. The van der Waals surface area contributed by atoms with Crippen molar-refractivity contribution in [3.8, 4) is 33.8 Å². The Morgan fingerprint density at radius 1 is 1.00 bits per heavy atom. The molecule has 0 bridgehead atoms. The molecule has 7 heteroatoms. The number of aromatic nitrogens is 3. The van der Waals surface area contributed by atoms with E-state index in [2.05, 4.69) is 15.3 Å². The molecule has 0 saturated heterocycles. The quantitative estimate of drug-likeness (QED) is 0.344. The van der Waals surface area contributed by atoms with Gasteiger partial charge in [-0.1, -0.05) is 42.5 Å². The van der Waals surface area contributed by atoms with Crippen molar-refractivity contribution in [1.29, 1.82) is 0 Å². The zero-order valence-corrected chi connectivity index (χ0v) is 18.7. The topological polar surface area (TPSA) is 89.0 Å². The third kappa shape index (κ3) is 3.81. The molecule has 2 aromatic heterocycles. The Morgan fingerprint density at radius 3 is 2.65 bits per heavy atom. The molecule has 0 fully saturated rings. The Labute approximate surface area is 196 Å². The van der Waals surface area contributed by atoms with Crippen LogP contribution in [0.1, 0.15) is 11.1 Å². The van der Waals surface area contributed by atoms with Gasteiger partial charge in [0.05, 0.1) is 6.20 Å². The summed E-state index contributed by atoms with van der Waals surface area (Å²) in [5.74, 6) is -0.592. The van der Waals surface area contributed by atoms with Gasteiger partial charge >= 0.3 is 0 Å². The highest BCUT2D eigenvalue weighted by atomic mass is 19.1. The van der Waals surface area contributed by atoms with Gasteiger partial charge in [0.15, 0.2) is 5.75 Å². The summed E-state index contributed by atoms with van der Waals surface area (Å²) in [5, 5.41) is 14.3. The first-order valence-electron chi connectivity index (χ1n) is 11.0. The van der Waals surface area contributed by atoms with Crippen LogP contribution in [0.25, 0.3) is 39.1 Å². The predicted molar refractivity (Wildman–Crippen MR) is 132 cm³/mol. The van der Waals surface area contributed by atoms with Gasteiger partial charge in [-0.25, -0.2) is 14.4 Å². The van der Waals surface area contributed by atoms with Gasteiger partial charge in [-0.15, -0.1) is 0 Å². The highest BCUT2D eigenvalue weighted by molar-refractivity contribution is 5.89. The predicted octanol–water partition coefficient (Wildman–Crippen LogP) is 4.78. The molecule has 6 nitrogen and oxygen atoms in total. The van der Waals surface area contributed by atoms with E-state index in [1.807, 2.05) is 61.6 Å². The smallest absolute Gasteiger partial charge is 0.168 e. The minimum absolute atomic E-state index is 0.129. The van der Waals surface area contributed by atoms with Crippen LogP contribution in [-0.4, -0.2) is 26.7 Å². The second-order valence-corrected chi connectivity index (χ2v) is 8.06. The maximum absolute atomic E-state index is 15.4. The maximum Gasteiger partial charge on any atom is 0.168 e. The number of aromatic hydroxyl groups is 1. The van der Waals surface area contributed by atoms with E-state index < -0.39 is 5.82 Å². The third-order valence-corrected chi connectivity index (χ3v) is 5.90. The number of nitrogens with zero attached hydrogens (tertiary/aromatic N) is 3. The number of hydrogen-bond acceptors (Lipinski definition) is 5. The highest BCUT2D eigenvalue weighted by Gasteiger charge is 2.19. The molecule has 0 radical (unpaired) electrons. The van der Waals surface area contributed by atoms with Crippen molar-refractivity contribution in [1.82, 2.24) is 19.9 Å². The molecule has 0 amide bonds. The summed E-state index contributed by atoms with van der Waals surface area (Å²) >= 11 is 0. The van der Waals surface area contributed by atoms with E-state index in [1.54, 1.807) is 23.2 Å². The van der Waals surface area contributed by atoms with Gasteiger partial charge in [-0.3, -0.25) is 4.57 Å². The van der Waals surface area contributed by atoms with E-state index in [-0.39, 0.29) is 17.0 Å². The van der Waals surface area contributed by atoms with Crippen molar-refractivity contribution >= 4 is 11.0 Å². The van der Waals surface area contributed by atoms with E-state index in [0.29, 0.717) is 24.1 Å². The SMILES string of the molecule is CNCc1ccccc1-c1ccc(-c2ncc3ncn(-c4cccc(CN)c4)c3c2O)c(F)c1. The molecule has 2 heterocycles. The first-order chi connectivity index (χ1) is 16.6. The molecule has 0 spiro atoms. The van der Waals surface area contributed by atoms with Crippen LogP contribution in [0, 0.1) is 5.82 Å². The van der Waals surface area contributed by atoms with Crippen LogP contribution < -0.4 is 11.1 Å². The minimum Gasteiger partial charge on any atom is -0.504 e. The summed E-state index contributed by atoms with van der Waals surface area (Å²) in [7, 11) is 1.88. The average Bonchev–Trinajstić information content (AvgIpc) is 3.30. The van der Waals surface area contributed by atoms with Crippen LogP contribution in [0.5, 0.6) is 5.75 Å². The summed E-state index contributed by atoms with van der Waals surface area (Å²) in [5.41, 5.74) is 11.7. The van der Waals surface area contributed by atoms with Crippen molar-refractivity contribution in [2.75, 3.05) is 7.05 Å². The Balaban J connectivity index is 1.61. The number of benzene rings is 3. The molecule has 34 heavy (non-hydrogen) atoms. The Kier molecular flexibility index (Phi) is 5.79. The number of nitrogens with two attached hydrogens (primary N) is 1. The van der Waals surface area contributed by atoms with Crippen LogP contribution in [0.4, 0.5) is 4.39 Å². The Bertz CT molecular complexity index is 1490. The lowest BCUT2D eigenvalue weighted by Gasteiger charge is -2.12. The van der Waals surface area contributed by atoms with Gasteiger partial charge in [-0.2, -0.15) is 0 Å². The third-order valence-electron chi connectivity index (χ3n) is 5.90. The molecule has 0 aliphatic carbocycles. The van der Waals surface area contributed by atoms with E-state index in [9.17, 15) is 5.11 Å². The maximum atomic E-state index is 15.4. The number of nitrogens with one attached hydrogen (secondary N) is 1. The molecule has 5 aromatic rings. The molecule has 3 aromatic carbocycles. The van der Waals surface area contributed by atoms with Crippen LogP contribution in [0.2, 0.25) is 0 Å². The fraction of sp³-hybridized carbons (Fsp3) is 0.111. The van der Waals surface area contributed by atoms with Crippen LogP contribution in [0.15, 0.2) is 79.3 Å². The Hall–Kier alpha value is -4.07. The summed E-state index contributed by atoms with van der Waals surface area (Å²) < 4.78 is 17.1. The summed E-state index contributed by atoms with van der Waals surface area (Å²) in [6.07, 6.45) is 3.16. The van der Waals surface area contributed by atoms with E-state index in [0.717, 1.165) is 27.9 Å². The zero-order valence-electron chi connectivity index (χ0n) is 18.7. The summed E-state index contributed by atoms with van der Waals surface area (Å²) in [4.78, 5) is 8.69. The standard InChI is InChI=1S/C27H24FN5O/c1-30-14-19-6-2-3-8-21(19)18-9-10-22(23(28)12-18)25-27(34)26-24(15-31-25)32-16-33(26)20-7-4-5-17(11-20)13-29/h2-12,15-16,30,34H,13-14,29H2,1H3. The van der Waals surface area contributed by atoms with Gasteiger partial charge in [0.1, 0.15) is 28.9 Å². The van der Waals surface area contributed by atoms with E-state index >= 15 is 4.39 Å². The lowest BCUT2D eigenvalue weighted by molar-refractivity contribution is 0.479. The van der Waals surface area contributed by atoms with Gasteiger partial charge in [0.25, 0.3) is 0 Å². The monoisotopic (exact) mass is 453 g/mol. The lowest BCUT2D eigenvalue weighted by Crippen LogP contribution is -2.06. The number of hydrogen-bond donors (Lipinski definition) is 3. The van der Waals surface area contributed by atoms with Gasteiger partial charge < -0.3 is 16.2 Å². The normalized spacial score (nSPS) is 11.3. The molecule has 4 N–H and O–H groups in total. The van der Waals surface area contributed by atoms with Crippen LogP contribution in [0.3, 0.4) is 0 Å². The van der Waals surface area contributed by atoms with E-state index in [1.165, 1.54) is 6.07 Å². The largest absolute Gasteiger partial charge is 0.504 e. The van der Waals surface area contributed by atoms with Crippen molar-refractivity contribution in [3.63, 3.8) is 0 Å². The number of rotatable bonds is 6. The molecule has 0 aliphatic rings. The number of halogens is 1. The van der Waals surface area contributed by atoms with Crippen molar-refractivity contribution in [2.24, 2.45) is 5.73 Å². The van der Waals surface area contributed by atoms with Gasteiger partial charge in [0, 0.05) is 24.3 Å². The van der Waals surface area contributed by atoms with Gasteiger partial charge in [-0.05, 0) is 53.6 Å². The first kappa shape index (κ1) is 21.8. The zero-order chi connectivity index (χ0) is 23.7. The minimum atomic E-state index is -0.463. The number of imidazole rings is 1. The van der Waals surface area contributed by atoms with Crippen molar-refractivity contribution in [3.05, 3.63) is 96.2 Å². The molecule has 0 saturated carbocycles. The van der Waals surface area contributed by atoms with Gasteiger partial charge in [0.2, 0.25) is 0 Å². The summed E-state index contributed by atoms with van der Waals surface area (Å²) in [6.45, 7) is 1.07. The number of fused-ring (bicyclic) bond motifs is 1. The molecule has 170 valence electrons.